The highest BCUT2D eigenvalue weighted by Gasteiger charge is 2.20. The van der Waals surface area contributed by atoms with Crippen molar-refractivity contribution in [2.24, 2.45) is 5.73 Å². The minimum Gasteiger partial charge on any atom is -0.392 e. The van der Waals surface area contributed by atoms with Crippen molar-refractivity contribution in [3.05, 3.63) is 0 Å². The highest BCUT2D eigenvalue weighted by Crippen LogP contribution is 2.10. The number of nitrogens with zero attached hydrogens (tertiary/aromatic N) is 2. The van der Waals surface area contributed by atoms with E-state index in [4.69, 9.17) is 18.0 Å². The van der Waals surface area contributed by atoms with Crippen molar-refractivity contribution in [3.8, 4) is 0 Å². The maximum absolute atomic E-state index is 5.54. The molecule has 2 N–H and O–H groups in total. The highest BCUT2D eigenvalue weighted by atomic mass is 32.1. The van der Waals surface area contributed by atoms with Crippen LogP contribution in [0.15, 0.2) is 0 Å². The monoisotopic (exact) mass is 229 g/mol. The first-order valence-electron chi connectivity index (χ1n) is 5.88. The first kappa shape index (κ1) is 12.9. The second-order valence-corrected chi connectivity index (χ2v) is 4.94. The smallest absolute Gasteiger partial charge is 0.0870 e. The summed E-state index contributed by atoms with van der Waals surface area (Å²) < 4.78 is 0. The molecule has 15 heavy (non-hydrogen) atoms. The van der Waals surface area contributed by atoms with E-state index in [2.05, 4.69) is 23.6 Å². The second kappa shape index (κ2) is 6.40. The number of hydrogen-bond donors (Lipinski definition) is 1. The lowest BCUT2D eigenvalue weighted by Gasteiger charge is -2.37. The largest absolute Gasteiger partial charge is 0.392 e. The van der Waals surface area contributed by atoms with Gasteiger partial charge >= 0.3 is 0 Å². The summed E-state index contributed by atoms with van der Waals surface area (Å²) in [5.74, 6) is 0. The van der Waals surface area contributed by atoms with E-state index in [1.165, 1.54) is 12.8 Å². The first-order chi connectivity index (χ1) is 7.13. The standard InChI is InChI=1S/C11H23N3S/c1-3-4-10(2)14-7-5-13(6-8-14)9-11(12)15/h10H,3-9H2,1-2H3,(H2,12,15). The van der Waals surface area contributed by atoms with E-state index in [-0.39, 0.29) is 0 Å². The van der Waals surface area contributed by atoms with Crippen LogP contribution in [0.1, 0.15) is 26.7 Å². The summed E-state index contributed by atoms with van der Waals surface area (Å²) >= 11 is 4.92. The molecule has 0 aromatic carbocycles. The molecule has 4 heteroatoms. The fourth-order valence-electron chi connectivity index (χ4n) is 2.18. The summed E-state index contributed by atoms with van der Waals surface area (Å²) in [5.41, 5.74) is 5.54. The van der Waals surface area contributed by atoms with Crippen LogP contribution in [0.2, 0.25) is 0 Å². The molecule has 1 saturated heterocycles. The average molecular weight is 229 g/mol. The summed E-state index contributed by atoms with van der Waals surface area (Å²) in [7, 11) is 0. The third-order valence-corrected chi connectivity index (χ3v) is 3.25. The quantitative estimate of drug-likeness (QED) is 0.715. The van der Waals surface area contributed by atoms with Gasteiger partial charge in [-0.05, 0) is 13.3 Å². The summed E-state index contributed by atoms with van der Waals surface area (Å²) in [4.78, 5) is 5.53. The van der Waals surface area contributed by atoms with Crippen LogP contribution in [-0.4, -0.2) is 53.6 Å². The molecule has 1 unspecified atom stereocenters. The fraction of sp³-hybridized carbons (Fsp3) is 0.909. The van der Waals surface area contributed by atoms with Gasteiger partial charge in [-0.3, -0.25) is 9.80 Å². The average Bonchev–Trinajstić information content (AvgIpc) is 2.18. The maximum atomic E-state index is 5.54. The highest BCUT2D eigenvalue weighted by molar-refractivity contribution is 7.80. The molecule has 0 aliphatic carbocycles. The Bertz CT molecular complexity index is 200. The Balaban J connectivity index is 2.26. The molecule has 0 aromatic heterocycles. The van der Waals surface area contributed by atoms with Crippen molar-refractivity contribution >= 4 is 17.2 Å². The third-order valence-electron chi connectivity index (χ3n) is 3.12. The van der Waals surface area contributed by atoms with Crippen molar-refractivity contribution in [2.75, 3.05) is 32.7 Å². The van der Waals surface area contributed by atoms with Crippen molar-refractivity contribution < 1.29 is 0 Å². The number of rotatable bonds is 5. The molecule has 0 amide bonds. The van der Waals surface area contributed by atoms with Crippen molar-refractivity contribution in [3.63, 3.8) is 0 Å². The van der Waals surface area contributed by atoms with E-state index in [9.17, 15) is 0 Å². The van der Waals surface area contributed by atoms with Gasteiger partial charge in [-0.2, -0.15) is 0 Å². The van der Waals surface area contributed by atoms with Crippen LogP contribution in [-0.2, 0) is 0 Å². The normalized spacial score (nSPS) is 21.5. The minimum absolute atomic E-state index is 0.616. The Morgan fingerprint density at radius 2 is 1.93 bits per heavy atom. The van der Waals surface area contributed by atoms with E-state index in [0.29, 0.717) is 4.99 Å². The van der Waals surface area contributed by atoms with Crippen molar-refractivity contribution in [1.29, 1.82) is 0 Å². The molecule has 1 atom stereocenters. The van der Waals surface area contributed by atoms with Crippen LogP contribution in [0.3, 0.4) is 0 Å². The number of thiocarbonyl (C=S) groups is 1. The zero-order valence-electron chi connectivity index (χ0n) is 9.91. The molecule has 1 aliphatic rings. The van der Waals surface area contributed by atoms with Gasteiger partial charge in [0, 0.05) is 38.8 Å². The second-order valence-electron chi connectivity index (χ2n) is 4.42. The van der Waals surface area contributed by atoms with Gasteiger partial charge in [-0.1, -0.05) is 25.6 Å². The van der Waals surface area contributed by atoms with Crippen molar-refractivity contribution in [1.82, 2.24) is 9.80 Å². The summed E-state index contributed by atoms with van der Waals surface area (Å²) in [6.45, 7) is 9.88. The molecule has 1 fully saturated rings. The number of hydrogen-bond acceptors (Lipinski definition) is 3. The predicted octanol–water partition coefficient (Wildman–Crippen LogP) is 1.08. The molecule has 0 radical (unpaired) electrons. The number of nitrogens with two attached hydrogens (primary N) is 1. The molecular weight excluding hydrogens is 206 g/mol. The Kier molecular flexibility index (Phi) is 5.50. The van der Waals surface area contributed by atoms with Crippen LogP contribution >= 0.6 is 12.2 Å². The summed E-state index contributed by atoms with van der Waals surface area (Å²) in [5, 5.41) is 0. The fourth-order valence-corrected chi connectivity index (χ4v) is 2.37. The van der Waals surface area contributed by atoms with Crippen LogP contribution in [0.5, 0.6) is 0 Å². The molecule has 0 aromatic rings. The summed E-state index contributed by atoms with van der Waals surface area (Å²) in [6.07, 6.45) is 2.57. The SMILES string of the molecule is CCCC(C)N1CCN(CC(N)=S)CC1. The van der Waals surface area contributed by atoms with E-state index < -0.39 is 0 Å². The van der Waals surface area contributed by atoms with Crippen LogP contribution in [0, 0.1) is 0 Å². The maximum Gasteiger partial charge on any atom is 0.0870 e. The summed E-state index contributed by atoms with van der Waals surface area (Å²) in [6, 6.07) is 0.724. The minimum atomic E-state index is 0.616. The number of piperazine rings is 1. The lowest BCUT2D eigenvalue weighted by molar-refractivity contribution is 0.108. The molecular formula is C11H23N3S. The van der Waals surface area contributed by atoms with E-state index >= 15 is 0 Å². The third kappa shape index (κ3) is 4.45. The molecule has 0 saturated carbocycles. The molecule has 0 bridgehead atoms. The van der Waals surface area contributed by atoms with E-state index in [1.807, 2.05) is 0 Å². The topological polar surface area (TPSA) is 32.5 Å². The van der Waals surface area contributed by atoms with Gasteiger partial charge in [0.25, 0.3) is 0 Å². The molecule has 1 heterocycles. The molecule has 3 nitrogen and oxygen atoms in total. The molecule has 1 aliphatic heterocycles. The van der Waals surface area contributed by atoms with Crippen LogP contribution < -0.4 is 5.73 Å². The molecule has 88 valence electrons. The zero-order chi connectivity index (χ0) is 11.3. The van der Waals surface area contributed by atoms with Gasteiger partial charge in [-0.25, -0.2) is 0 Å². The van der Waals surface area contributed by atoms with Gasteiger partial charge in [0.05, 0.1) is 4.99 Å². The molecule has 1 rings (SSSR count). The van der Waals surface area contributed by atoms with Crippen molar-refractivity contribution in [2.45, 2.75) is 32.7 Å². The van der Waals surface area contributed by atoms with Gasteiger partial charge in [0.2, 0.25) is 0 Å². The Labute approximate surface area is 98.6 Å². The van der Waals surface area contributed by atoms with Crippen LogP contribution in [0.4, 0.5) is 0 Å². The Morgan fingerprint density at radius 3 is 2.40 bits per heavy atom. The Hall–Kier alpha value is -0.190. The first-order valence-corrected chi connectivity index (χ1v) is 6.29. The van der Waals surface area contributed by atoms with E-state index in [0.717, 1.165) is 38.8 Å². The molecule has 0 spiro atoms. The van der Waals surface area contributed by atoms with E-state index in [1.54, 1.807) is 0 Å². The van der Waals surface area contributed by atoms with Gasteiger partial charge in [0.1, 0.15) is 0 Å². The predicted molar refractivity (Wildman–Crippen MR) is 69.2 cm³/mol. The van der Waals surface area contributed by atoms with Gasteiger partial charge in [-0.15, -0.1) is 0 Å². The van der Waals surface area contributed by atoms with Crippen LogP contribution in [0.25, 0.3) is 0 Å². The Morgan fingerprint density at radius 1 is 1.33 bits per heavy atom. The lowest BCUT2D eigenvalue weighted by Crippen LogP contribution is -2.51. The zero-order valence-corrected chi connectivity index (χ0v) is 10.7. The van der Waals surface area contributed by atoms with Gasteiger partial charge < -0.3 is 5.73 Å². The van der Waals surface area contributed by atoms with Gasteiger partial charge in [0.15, 0.2) is 0 Å². The lowest BCUT2D eigenvalue weighted by atomic mass is 10.1.